The minimum absolute atomic E-state index is 0.0448. The van der Waals surface area contributed by atoms with Gasteiger partial charge in [-0.15, -0.1) is 0 Å². The van der Waals surface area contributed by atoms with E-state index in [9.17, 15) is 19.1 Å². The highest BCUT2D eigenvalue weighted by Crippen LogP contribution is 2.39. The minimum Gasteiger partial charge on any atom is -0.480 e. The molecule has 1 N–H and O–H groups in total. The molecule has 0 aromatic heterocycles. The summed E-state index contributed by atoms with van der Waals surface area (Å²) in [6.45, 7) is 12.1. The molecule has 9 heteroatoms. The maximum absolute atomic E-state index is 15.0. The number of hydrogen-bond donors (Lipinski definition) is 1. The van der Waals surface area contributed by atoms with Crippen LogP contribution in [0.3, 0.4) is 0 Å². The van der Waals surface area contributed by atoms with Crippen molar-refractivity contribution >= 4 is 23.5 Å². The van der Waals surface area contributed by atoms with E-state index in [4.69, 9.17) is 11.6 Å². The Balaban J connectivity index is 1.52. The van der Waals surface area contributed by atoms with Crippen LogP contribution < -0.4 is 0 Å². The van der Waals surface area contributed by atoms with Crippen LogP contribution >= 0.6 is 11.6 Å². The molecule has 1 amide bonds. The second-order valence-electron chi connectivity index (χ2n) is 12.0. The van der Waals surface area contributed by atoms with E-state index in [1.54, 1.807) is 36.1 Å². The fourth-order valence-electron chi connectivity index (χ4n) is 5.93. The molecule has 2 saturated heterocycles. The van der Waals surface area contributed by atoms with Crippen molar-refractivity contribution in [3.8, 4) is 0 Å². The molecule has 2 aromatic carbocycles. The van der Waals surface area contributed by atoms with Gasteiger partial charge in [0.05, 0.1) is 5.92 Å². The van der Waals surface area contributed by atoms with Crippen molar-refractivity contribution in [2.75, 3.05) is 32.7 Å². The summed E-state index contributed by atoms with van der Waals surface area (Å²) < 4.78 is 29.5. The van der Waals surface area contributed by atoms with Gasteiger partial charge in [-0.3, -0.25) is 19.4 Å². The zero-order valence-electron chi connectivity index (χ0n) is 23.3. The average Bonchev–Trinajstić information content (AvgIpc) is 3.29. The first kappa shape index (κ1) is 29.4. The third-order valence-electron chi connectivity index (χ3n) is 8.24. The number of aryl methyl sites for hydroxylation is 1. The Hall–Kier alpha value is -2.55. The Morgan fingerprint density at radius 1 is 1.05 bits per heavy atom. The van der Waals surface area contributed by atoms with Crippen LogP contribution in [0.2, 0.25) is 5.02 Å². The van der Waals surface area contributed by atoms with E-state index in [1.807, 2.05) is 11.8 Å². The van der Waals surface area contributed by atoms with Gasteiger partial charge in [-0.2, -0.15) is 0 Å². The number of aliphatic carboxylic acids is 1. The van der Waals surface area contributed by atoms with Crippen molar-refractivity contribution in [1.82, 2.24) is 14.7 Å². The van der Waals surface area contributed by atoms with E-state index < -0.39 is 29.6 Å². The predicted molar refractivity (Wildman–Crippen MR) is 148 cm³/mol. The molecule has 0 bridgehead atoms. The molecule has 2 fully saturated rings. The van der Waals surface area contributed by atoms with Crippen LogP contribution in [0.4, 0.5) is 8.78 Å². The zero-order valence-corrected chi connectivity index (χ0v) is 24.0. The normalized spacial score (nSPS) is 23.7. The van der Waals surface area contributed by atoms with Gasteiger partial charge in [-0.25, -0.2) is 8.78 Å². The average molecular weight is 562 g/mol. The molecule has 2 heterocycles. The number of hydrogen-bond acceptors (Lipinski definition) is 4. The highest BCUT2D eigenvalue weighted by Gasteiger charge is 2.46. The SMILES string of the molecule is Cc1ccc(CC(C(=O)O)N2CCN(C(=O)[C@@H]3CN(C(C)(C)C)C[C@H]3c3ccc(Cl)cc3F)[C@@H](C)C2)c(F)c1. The molecule has 212 valence electrons. The topological polar surface area (TPSA) is 64.1 Å². The van der Waals surface area contributed by atoms with E-state index in [2.05, 4.69) is 25.7 Å². The van der Waals surface area contributed by atoms with Crippen molar-refractivity contribution in [3.05, 3.63) is 69.7 Å². The Labute approximate surface area is 234 Å². The number of rotatable bonds is 6. The standard InChI is InChI=1S/C30H38ClF2N3O3/c1-18-6-7-20(25(32)12-18)13-27(29(38)39)34-10-11-36(19(2)15-34)28(37)24-17-35(30(3,4)5)16-23(24)22-9-8-21(31)14-26(22)33/h6-9,12,14,19,23-24,27H,10-11,13,15-17H2,1-5H3,(H,38,39)/t19-,23-,24+,27?/m0/s1. The third kappa shape index (κ3) is 6.44. The molecule has 2 aliphatic rings. The number of nitrogens with zero attached hydrogens (tertiary/aromatic N) is 3. The van der Waals surface area contributed by atoms with Gasteiger partial charge in [-0.1, -0.05) is 29.8 Å². The van der Waals surface area contributed by atoms with Gasteiger partial charge in [0.25, 0.3) is 0 Å². The molecule has 4 atom stereocenters. The maximum Gasteiger partial charge on any atom is 0.321 e. The lowest BCUT2D eigenvalue weighted by atomic mass is 9.87. The molecular weight excluding hydrogens is 524 g/mol. The first-order chi connectivity index (χ1) is 18.3. The van der Waals surface area contributed by atoms with E-state index >= 15 is 4.39 Å². The number of carbonyl (C=O) groups excluding carboxylic acids is 1. The zero-order chi connectivity index (χ0) is 28.6. The minimum atomic E-state index is -1.02. The van der Waals surface area contributed by atoms with Crippen LogP contribution in [0, 0.1) is 24.5 Å². The van der Waals surface area contributed by atoms with Crippen LogP contribution in [0.5, 0.6) is 0 Å². The first-order valence-corrected chi connectivity index (χ1v) is 13.9. The summed E-state index contributed by atoms with van der Waals surface area (Å²) in [5.41, 5.74) is 1.43. The van der Waals surface area contributed by atoms with Gasteiger partial charge < -0.3 is 10.0 Å². The number of piperazine rings is 1. The van der Waals surface area contributed by atoms with Crippen LogP contribution in [0.25, 0.3) is 0 Å². The van der Waals surface area contributed by atoms with E-state index in [1.165, 1.54) is 12.1 Å². The molecule has 4 rings (SSSR count). The molecule has 0 radical (unpaired) electrons. The Kier molecular flexibility index (Phi) is 8.69. The number of benzene rings is 2. The fraction of sp³-hybridized carbons (Fsp3) is 0.533. The monoisotopic (exact) mass is 561 g/mol. The van der Waals surface area contributed by atoms with Gasteiger partial charge in [0, 0.05) is 61.7 Å². The predicted octanol–water partition coefficient (Wildman–Crippen LogP) is 4.97. The molecule has 39 heavy (non-hydrogen) atoms. The first-order valence-electron chi connectivity index (χ1n) is 13.5. The van der Waals surface area contributed by atoms with Crippen LogP contribution in [0.1, 0.15) is 50.3 Å². The molecule has 0 saturated carbocycles. The van der Waals surface area contributed by atoms with Crippen LogP contribution in [0.15, 0.2) is 36.4 Å². The number of carboxylic acid groups (broad SMARTS) is 1. The molecule has 2 aliphatic heterocycles. The number of carbonyl (C=O) groups is 2. The van der Waals surface area contributed by atoms with E-state index in [-0.39, 0.29) is 29.8 Å². The van der Waals surface area contributed by atoms with Gasteiger partial charge in [0.15, 0.2) is 0 Å². The maximum atomic E-state index is 15.0. The largest absolute Gasteiger partial charge is 0.480 e. The molecule has 6 nitrogen and oxygen atoms in total. The second kappa shape index (κ2) is 11.5. The molecule has 2 aromatic rings. The van der Waals surface area contributed by atoms with E-state index in [0.717, 1.165) is 5.56 Å². The summed E-state index contributed by atoms with van der Waals surface area (Å²) in [4.78, 5) is 32.0. The van der Waals surface area contributed by atoms with Crippen LogP contribution in [-0.4, -0.2) is 82.0 Å². The van der Waals surface area contributed by atoms with Crippen molar-refractivity contribution in [1.29, 1.82) is 0 Å². The Morgan fingerprint density at radius 3 is 2.36 bits per heavy atom. The van der Waals surface area contributed by atoms with E-state index in [0.29, 0.717) is 48.9 Å². The van der Waals surface area contributed by atoms with Gasteiger partial charge in [0.1, 0.15) is 17.7 Å². The number of likely N-dealkylation sites (tertiary alicyclic amines) is 1. The Morgan fingerprint density at radius 2 is 1.77 bits per heavy atom. The fourth-order valence-corrected chi connectivity index (χ4v) is 6.09. The van der Waals surface area contributed by atoms with Gasteiger partial charge in [0.2, 0.25) is 5.91 Å². The summed E-state index contributed by atoms with van der Waals surface area (Å²) in [6, 6.07) is 8.30. The number of carboxylic acids is 1. The summed E-state index contributed by atoms with van der Waals surface area (Å²) in [7, 11) is 0. The van der Waals surface area contributed by atoms with Gasteiger partial charge >= 0.3 is 5.97 Å². The number of amides is 1. The molecule has 0 aliphatic carbocycles. The lowest BCUT2D eigenvalue weighted by molar-refractivity contribution is -0.147. The quantitative estimate of drug-likeness (QED) is 0.539. The lowest BCUT2D eigenvalue weighted by Crippen LogP contribution is -2.59. The van der Waals surface area contributed by atoms with Crippen LogP contribution in [-0.2, 0) is 16.0 Å². The van der Waals surface area contributed by atoms with Crippen molar-refractivity contribution in [3.63, 3.8) is 0 Å². The molecule has 1 unspecified atom stereocenters. The van der Waals surface area contributed by atoms with Crippen molar-refractivity contribution in [2.45, 2.75) is 64.6 Å². The third-order valence-corrected chi connectivity index (χ3v) is 8.47. The Bertz CT molecular complexity index is 1230. The summed E-state index contributed by atoms with van der Waals surface area (Å²) in [5.74, 6) is -2.65. The van der Waals surface area contributed by atoms with Crippen molar-refractivity contribution < 1.29 is 23.5 Å². The molecular formula is C30H38ClF2N3O3. The molecule has 0 spiro atoms. The second-order valence-corrected chi connectivity index (χ2v) is 12.4. The van der Waals surface area contributed by atoms with Gasteiger partial charge in [-0.05, 0) is 69.5 Å². The summed E-state index contributed by atoms with van der Waals surface area (Å²) >= 11 is 6.00. The highest BCUT2D eigenvalue weighted by atomic mass is 35.5. The number of halogens is 3. The lowest BCUT2D eigenvalue weighted by Gasteiger charge is -2.43. The summed E-state index contributed by atoms with van der Waals surface area (Å²) in [5, 5.41) is 10.3. The van der Waals surface area contributed by atoms with Crippen molar-refractivity contribution in [2.24, 2.45) is 5.92 Å². The summed E-state index contributed by atoms with van der Waals surface area (Å²) in [6.07, 6.45) is 0.0448. The smallest absolute Gasteiger partial charge is 0.321 e. The highest BCUT2D eigenvalue weighted by molar-refractivity contribution is 6.30.